The van der Waals surface area contributed by atoms with Crippen LogP contribution in [0.2, 0.25) is 0 Å². The SMILES string of the molecule is CNCC(=O)O.[NaH].[NaH].[NaH].[NaH]. The Morgan fingerprint density at radius 3 is 1.60 bits per heavy atom. The van der Waals surface area contributed by atoms with Gasteiger partial charge in [-0.1, -0.05) is 0 Å². The van der Waals surface area contributed by atoms with Gasteiger partial charge in [0.2, 0.25) is 0 Å². The van der Waals surface area contributed by atoms with Gasteiger partial charge < -0.3 is 10.4 Å². The second-order valence-corrected chi connectivity index (χ2v) is 0.924. The molecule has 0 heterocycles. The van der Waals surface area contributed by atoms with Gasteiger partial charge >= 0.3 is 124 Å². The van der Waals surface area contributed by atoms with Gasteiger partial charge in [0, 0.05) is 0 Å². The third kappa shape index (κ3) is 30.1. The molecule has 0 aromatic rings. The van der Waals surface area contributed by atoms with Gasteiger partial charge in [0.25, 0.3) is 0 Å². The van der Waals surface area contributed by atoms with Crippen molar-refractivity contribution in [2.45, 2.75) is 0 Å². The zero-order valence-corrected chi connectivity index (χ0v) is 3.56. The maximum absolute atomic E-state index is 9.54. The summed E-state index contributed by atoms with van der Waals surface area (Å²) in [6.45, 7) is 0.0417. The van der Waals surface area contributed by atoms with E-state index in [-0.39, 0.29) is 125 Å². The molecule has 0 aromatic heterocycles. The summed E-state index contributed by atoms with van der Waals surface area (Å²) in [5, 5.41) is 10.3. The predicted molar refractivity (Wildman–Crippen MR) is 50.2 cm³/mol. The molecule has 3 nitrogen and oxygen atoms in total. The third-order valence-electron chi connectivity index (χ3n) is 0.328. The summed E-state index contributed by atoms with van der Waals surface area (Å²) in [7, 11) is 1.59. The van der Waals surface area contributed by atoms with Crippen molar-refractivity contribution in [2.75, 3.05) is 13.6 Å². The molecule has 0 saturated heterocycles. The Balaban J connectivity index is -0.0000000208. The zero-order chi connectivity index (χ0) is 4.99. The predicted octanol–water partition coefficient (Wildman–Crippen LogP) is -3.30. The molecule has 0 unspecified atom stereocenters. The van der Waals surface area contributed by atoms with E-state index in [1.165, 1.54) is 0 Å². The van der Waals surface area contributed by atoms with Crippen molar-refractivity contribution in [2.24, 2.45) is 0 Å². The molecule has 0 aromatic carbocycles. The van der Waals surface area contributed by atoms with Crippen LogP contribution in [0.25, 0.3) is 0 Å². The fourth-order valence-electron chi connectivity index (χ4n) is 0.151. The summed E-state index contributed by atoms with van der Waals surface area (Å²) in [6.07, 6.45) is 0. The average Bonchev–Trinajstić information content (AvgIpc) is 1.35. The van der Waals surface area contributed by atoms with E-state index in [0.29, 0.717) is 0 Å². The van der Waals surface area contributed by atoms with Crippen LogP contribution in [0.5, 0.6) is 0 Å². The molecule has 0 rings (SSSR count). The molecular formula is C3H11NNa4O2. The summed E-state index contributed by atoms with van der Waals surface area (Å²) >= 11 is 0. The summed E-state index contributed by atoms with van der Waals surface area (Å²) in [5.74, 6) is -0.822. The van der Waals surface area contributed by atoms with Crippen LogP contribution in [0.1, 0.15) is 0 Å². The molecule has 0 aliphatic carbocycles. The first-order valence-corrected chi connectivity index (χ1v) is 1.63. The van der Waals surface area contributed by atoms with Crippen molar-refractivity contribution in [3.05, 3.63) is 0 Å². The molecule has 2 N–H and O–H groups in total. The molecule has 0 saturated carbocycles. The number of carboxylic acid groups (broad SMARTS) is 1. The Bertz CT molecular complexity index is 62.5. The van der Waals surface area contributed by atoms with E-state index >= 15 is 0 Å². The molecule has 0 spiro atoms. The van der Waals surface area contributed by atoms with Crippen LogP contribution >= 0.6 is 0 Å². The number of hydrogen-bond acceptors (Lipinski definition) is 2. The van der Waals surface area contributed by atoms with E-state index in [9.17, 15) is 4.79 Å². The van der Waals surface area contributed by atoms with Crippen molar-refractivity contribution >= 4 is 124 Å². The minimum atomic E-state index is -0.822. The first kappa shape index (κ1) is 29.2. The van der Waals surface area contributed by atoms with E-state index in [0.717, 1.165) is 0 Å². The molecule has 0 radical (unpaired) electrons. The number of nitrogens with one attached hydrogen (secondary N) is 1. The Morgan fingerprint density at radius 1 is 1.30 bits per heavy atom. The second-order valence-electron chi connectivity index (χ2n) is 0.924. The van der Waals surface area contributed by atoms with Crippen LogP contribution in [0.4, 0.5) is 0 Å². The number of carboxylic acids is 1. The quantitative estimate of drug-likeness (QED) is 0.443. The van der Waals surface area contributed by atoms with E-state index in [4.69, 9.17) is 5.11 Å². The van der Waals surface area contributed by atoms with Crippen LogP contribution in [-0.4, -0.2) is 143 Å². The van der Waals surface area contributed by atoms with Crippen molar-refractivity contribution in [1.82, 2.24) is 5.32 Å². The van der Waals surface area contributed by atoms with Gasteiger partial charge in [-0.2, -0.15) is 0 Å². The van der Waals surface area contributed by atoms with E-state index in [1.807, 2.05) is 0 Å². The molecule has 0 atom stereocenters. The van der Waals surface area contributed by atoms with Crippen LogP contribution in [0, 0.1) is 0 Å². The number of carbonyl (C=O) groups is 1. The van der Waals surface area contributed by atoms with Crippen LogP contribution < -0.4 is 5.32 Å². The van der Waals surface area contributed by atoms with Gasteiger partial charge in [0.1, 0.15) is 0 Å². The monoisotopic (exact) mass is 185 g/mol. The van der Waals surface area contributed by atoms with Crippen LogP contribution in [0.3, 0.4) is 0 Å². The zero-order valence-electron chi connectivity index (χ0n) is 3.56. The first-order chi connectivity index (χ1) is 2.77. The minimum absolute atomic E-state index is 0. The summed E-state index contributed by atoms with van der Waals surface area (Å²) < 4.78 is 0. The van der Waals surface area contributed by atoms with Gasteiger partial charge in [-0.25, -0.2) is 0 Å². The third-order valence-corrected chi connectivity index (χ3v) is 0.328. The fraction of sp³-hybridized carbons (Fsp3) is 0.667. The second kappa shape index (κ2) is 22.9. The van der Waals surface area contributed by atoms with Crippen LogP contribution in [0.15, 0.2) is 0 Å². The standard InChI is InChI=1S/C3H7NO2.4Na.4H/c1-4-2-3(5)6;;;;;;;;/h4H,2H2,1H3,(H,5,6);;;;;;;;. The van der Waals surface area contributed by atoms with Gasteiger partial charge in [-0.05, 0) is 7.05 Å². The molecule has 44 valence electrons. The Labute approximate surface area is 150 Å². The number of hydrogen-bond donors (Lipinski definition) is 2. The molecule has 10 heavy (non-hydrogen) atoms. The van der Waals surface area contributed by atoms with Crippen molar-refractivity contribution in [3.63, 3.8) is 0 Å². The van der Waals surface area contributed by atoms with Crippen molar-refractivity contribution in [1.29, 1.82) is 0 Å². The van der Waals surface area contributed by atoms with Gasteiger partial charge in [-0.3, -0.25) is 4.79 Å². The Hall–Kier alpha value is 3.43. The average molecular weight is 185 g/mol. The molecule has 7 heteroatoms. The summed E-state index contributed by atoms with van der Waals surface area (Å²) in [5.41, 5.74) is 0. The van der Waals surface area contributed by atoms with Gasteiger partial charge in [-0.15, -0.1) is 0 Å². The molecule has 0 fully saturated rings. The molecular weight excluding hydrogens is 174 g/mol. The molecule has 0 aliphatic rings. The van der Waals surface area contributed by atoms with Crippen molar-refractivity contribution < 1.29 is 9.90 Å². The topological polar surface area (TPSA) is 49.3 Å². The van der Waals surface area contributed by atoms with Crippen LogP contribution in [-0.2, 0) is 4.79 Å². The Kier molecular flexibility index (Phi) is 66.7. The fourth-order valence-corrected chi connectivity index (χ4v) is 0.151. The van der Waals surface area contributed by atoms with E-state index in [1.54, 1.807) is 7.05 Å². The number of likely N-dealkylation sites (N-methyl/N-ethyl adjacent to an activating group) is 1. The number of aliphatic carboxylic acids is 1. The molecule has 0 amide bonds. The maximum atomic E-state index is 9.54. The molecule has 0 aliphatic heterocycles. The first-order valence-electron chi connectivity index (χ1n) is 1.63. The Morgan fingerprint density at radius 2 is 1.60 bits per heavy atom. The van der Waals surface area contributed by atoms with Crippen molar-refractivity contribution in [3.8, 4) is 0 Å². The summed E-state index contributed by atoms with van der Waals surface area (Å²) in [6, 6.07) is 0. The van der Waals surface area contributed by atoms with Gasteiger partial charge in [0.05, 0.1) is 6.54 Å². The van der Waals surface area contributed by atoms with Gasteiger partial charge in [0.15, 0.2) is 0 Å². The summed E-state index contributed by atoms with van der Waals surface area (Å²) in [4.78, 5) is 9.54. The normalized spacial score (nSPS) is 4.90. The molecule has 0 bridgehead atoms. The van der Waals surface area contributed by atoms with E-state index in [2.05, 4.69) is 5.32 Å². The number of rotatable bonds is 2. The van der Waals surface area contributed by atoms with E-state index < -0.39 is 5.97 Å².